The number of thiol groups is 1. The third-order valence-electron chi connectivity index (χ3n) is 0. The first-order valence-electron chi connectivity index (χ1n) is 0.949. The van der Waals surface area contributed by atoms with E-state index in [0.717, 1.165) is 0 Å². The number of hydrogen-bond donors (Lipinski definition) is 3. The first-order chi connectivity index (χ1) is 3.00. The van der Waals surface area contributed by atoms with Crippen molar-refractivity contribution < 1.29 is 33.3 Å². The second kappa shape index (κ2) is 8.79. The van der Waals surface area contributed by atoms with E-state index in [4.69, 9.17) is 9.79 Å². The summed E-state index contributed by atoms with van der Waals surface area (Å²) in [5.41, 5.74) is -3.11. The molecule has 0 spiro atoms. The summed E-state index contributed by atoms with van der Waals surface area (Å²) in [5.74, 6) is 0. The Morgan fingerprint density at radius 2 is 1.38 bits per heavy atom. The molecule has 0 aromatic heterocycles. The fraction of sp³-hybridized carbons (Fsp3) is 0. The van der Waals surface area contributed by atoms with Crippen LogP contribution >= 0.6 is 27.8 Å². The Morgan fingerprint density at radius 3 is 1.38 bits per heavy atom. The molecule has 0 radical (unpaired) electrons. The summed E-state index contributed by atoms with van der Waals surface area (Å²) in [7, 11) is 4.09. The molecule has 0 bridgehead atoms. The van der Waals surface area contributed by atoms with E-state index in [9.17, 15) is 0 Å². The maximum absolute atomic E-state index is 7.87. The summed E-state index contributed by atoms with van der Waals surface area (Å²) < 4.78 is 0. The monoisotopic (exact) mass is 278 g/mol. The Labute approximate surface area is 72.5 Å². The quantitative estimate of drug-likeness (QED) is 0.329. The van der Waals surface area contributed by atoms with Crippen molar-refractivity contribution in [3.05, 3.63) is 0 Å². The second-order valence-electron chi connectivity index (χ2n) is 0.513. The van der Waals surface area contributed by atoms with Crippen LogP contribution in [0.1, 0.15) is 0 Å². The van der Waals surface area contributed by atoms with E-state index < -0.39 is 5.69 Å². The van der Waals surface area contributed by atoms with Crippen LogP contribution in [0.4, 0.5) is 0 Å². The molecule has 0 atom stereocenters. The molecule has 0 aromatic carbocycles. The van der Waals surface area contributed by atoms with E-state index in [1.54, 1.807) is 0 Å². The zero-order valence-electron chi connectivity index (χ0n) is 3.51. The fourth-order valence-corrected chi connectivity index (χ4v) is 0. The zero-order valence-corrected chi connectivity index (χ0v) is 8.94. The van der Waals surface area contributed by atoms with Gasteiger partial charge < -0.3 is 15.3 Å². The maximum atomic E-state index is 7.87. The van der Waals surface area contributed by atoms with Gasteiger partial charge in [0.15, 0.2) is 0 Å². The van der Waals surface area contributed by atoms with Crippen LogP contribution in [0, 0.1) is 0 Å². The minimum atomic E-state index is -3.11. The van der Waals surface area contributed by atoms with Crippen molar-refractivity contribution >= 4 is 39.6 Å². The average Bonchev–Trinajstić information content (AvgIpc) is 1.36. The van der Waals surface area contributed by atoms with Gasteiger partial charge in [0.25, 0.3) is 0 Å². The topological polar surface area (TPSA) is 72.0 Å². The summed E-state index contributed by atoms with van der Waals surface area (Å²) in [4.78, 5) is 15.7. The van der Waals surface area contributed by atoms with E-state index in [0.29, 0.717) is 0 Å². The molecule has 8 heteroatoms. The van der Waals surface area contributed by atoms with Crippen LogP contribution in [-0.4, -0.2) is 15.3 Å². The van der Waals surface area contributed by atoms with Crippen molar-refractivity contribution in [2.75, 3.05) is 0 Å². The SMILES string of the molecule is O.OP(O)(=S)S.[S]=[Mo]. The van der Waals surface area contributed by atoms with Gasteiger partial charge in [-0.3, -0.25) is 0 Å². The summed E-state index contributed by atoms with van der Waals surface area (Å²) in [6, 6.07) is 0. The van der Waals surface area contributed by atoms with Gasteiger partial charge in [0.05, 0.1) is 0 Å². The summed E-state index contributed by atoms with van der Waals surface area (Å²) >= 11 is 8.61. The molecule has 0 aliphatic rings. The normalized spacial score (nSPS) is 7.88. The molecule has 0 amide bonds. The predicted octanol–water partition coefficient (Wildman–Crippen LogP) is -0.0537. The molecule has 4 N–H and O–H groups in total. The van der Waals surface area contributed by atoms with Gasteiger partial charge in [-0.2, -0.15) is 0 Å². The van der Waals surface area contributed by atoms with Gasteiger partial charge in [0.2, 0.25) is 5.69 Å². The van der Waals surface area contributed by atoms with Gasteiger partial charge in [-0.1, -0.05) is 12.2 Å². The Bertz CT molecular complexity index is 70.3. The van der Waals surface area contributed by atoms with Crippen molar-refractivity contribution in [2.45, 2.75) is 0 Å². The third-order valence-corrected chi connectivity index (χ3v) is 0. The van der Waals surface area contributed by atoms with Crippen LogP contribution in [0.3, 0.4) is 0 Å². The van der Waals surface area contributed by atoms with Crippen molar-refractivity contribution in [1.29, 1.82) is 0 Å². The average molecular weight is 276 g/mol. The minimum absolute atomic E-state index is 0. The zero-order chi connectivity index (χ0) is 6.50. The van der Waals surface area contributed by atoms with Gasteiger partial charge in [0.1, 0.15) is 0 Å². The fourth-order valence-electron chi connectivity index (χ4n) is 0. The summed E-state index contributed by atoms with van der Waals surface area (Å²) in [6.45, 7) is 0. The molecule has 0 aromatic rings. The standard InChI is InChI=1S/Mo.H3O2PS2.H2O.S/c;1-3(2,4)5;;/h;(H3,1,2,4,5);1H2;. The van der Waals surface area contributed by atoms with Crippen molar-refractivity contribution in [3.63, 3.8) is 0 Å². The Morgan fingerprint density at radius 1 is 1.38 bits per heavy atom. The molecule has 3 nitrogen and oxygen atoms in total. The van der Waals surface area contributed by atoms with Gasteiger partial charge in [-0.25, -0.2) is 0 Å². The van der Waals surface area contributed by atoms with Crippen LogP contribution in [0.5, 0.6) is 0 Å². The Kier molecular flexibility index (Phi) is 18.0. The van der Waals surface area contributed by atoms with Crippen LogP contribution in [0.15, 0.2) is 0 Å². The molecule has 0 heterocycles. The molecule has 8 heavy (non-hydrogen) atoms. The van der Waals surface area contributed by atoms with E-state index in [1.165, 1.54) is 18.0 Å². The predicted molar refractivity (Wildman–Crippen MR) is 38.9 cm³/mol. The van der Waals surface area contributed by atoms with Crippen LogP contribution in [0.2, 0.25) is 0 Å². The Hall–Kier alpha value is 1.79. The van der Waals surface area contributed by atoms with Gasteiger partial charge in [-0.15, -0.1) is 0 Å². The number of hydrogen-bond acceptors (Lipinski definition) is 2. The van der Waals surface area contributed by atoms with Gasteiger partial charge in [0, 0.05) is 0 Å². The van der Waals surface area contributed by atoms with Gasteiger partial charge >= 0.3 is 27.8 Å². The van der Waals surface area contributed by atoms with E-state index in [2.05, 4.69) is 33.9 Å². The molecule has 0 fully saturated rings. The van der Waals surface area contributed by atoms with Crippen molar-refractivity contribution in [3.8, 4) is 0 Å². The molecule has 52 valence electrons. The summed E-state index contributed by atoms with van der Waals surface area (Å²) in [6.07, 6.45) is 0. The molecule has 0 aliphatic heterocycles. The van der Waals surface area contributed by atoms with E-state index in [1.807, 2.05) is 0 Å². The van der Waals surface area contributed by atoms with Crippen LogP contribution in [0.25, 0.3) is 0 Å². The van der Waals surface area contributed by atoms with E-state index >= 15 is 0 Å². The number of rotatable bonds is 0. The molecular weight excluding hydrogens is 271 g/mol. The molecule has 0 saturated heterocycles. The van der Waals surface area contributed by atoms with Crippen LogP contribution in [-0.2, 0) is 29.8 Å². The molecule has 0 unspecified atom stereocenters. The molecule has 0 saturated carbocycles. The first-order valence-corrected chi connectivity index (χ1v) is 7.60. The molecule has 0 aliphatic carbocycles. The third kappa shape index (κ3) is 112. The van der Waals surface area contributed by atoms with Crippen molar-refractivity contribution in [1.82, 2.24) is 0 Å². The second-order valence-corrected chi connectivity index (χ2v) is 5.55. The van der Waals surface area contributed by atoms with E-state index in [-0.39, 0.29) is 5.48 Å². The summed E-state index contributed by atoms with van der Waals surface area (Å²) in [5, 5.41) is 0. The van der Waals surface area contributed by atoms with Crippen LogP contribution < -0.4 is 0 Å². The molecular formula is H5MoO3PS3. The van der Waals surface area contributed by atoms with Crippen molar-refractivity contribution in [2.24, 2.45) is 0 Å². The Balaban J connectivity index is -0.0000000750. The molecule has 0 rings (SSSR count). The first kappa shape index (κ1) is 16.4. The van der Waals surface area contributed by atoms with Gasteiger partial charge in [-0.05, 0) is 11.8 Å².